The molecule has 0 aromatic carbocycles. The molecule has 28 heavy (non-hydrogen) atoms. The minimum atomic E-state index is -1.13. The molecular formula is C19H35NO8. The molecule has 7 atom stereocenters. The Labute approximate surface area is 166 Å². The molecule has 0 radical (unpaired) electrons. The highest BCUT2D eigenvalue weighted by Crippen LogP contribution is 2.27. The first-order valence-electron chi connectivity index (χ1n) is 10.1. The second-order valence-electron chi connectivity index (χ2n) is 7.79. The first-order chi connectivity index (χ1) is 13.4. The van der Waals surface area contributed by atoms with E-state index in [-0.39, 0.29) is 18.6 Å². The van der Waals surface area contributed by atoms with Crippen molar-refractivity contribution in [2.24, 2.45) is 5.92 Å². The van der Waals surface area contributed by atoms with Crippen LogP contribution in [-0.2, 0) is 19.0 Å². The molecule has 9 heteroatoms. The third kappa shape index (κ3) is 6.09. The van der Waals surface area contributed by atoms with Crippen molar-refractivity contribution in [3.8, 4) is 0 Å². The third-order valence-corrected chi connectivity index (χ3v) is 5.58. The zero-order chi connectivity index (χ0) is 20.7. The largest absolute Gasteiger partial charge is 0.394 e. The van der Waals surface area contributed by atoms with Crippen molar-refractivity contribution in [2.75, 3.05) is 33.5 Å². The van der Waals surface area contributed by atoms with Gasteiger partial charge in [-0.2, -0.15) is 0 Å². The Balaban J connectivity index is 1.63. The van der Waals surface area contributed by atoms with Gasteiger partial charge in [0, 0.05) is 32.6 Å². The Morgan fingerprint density at radius 2 is 1.93 bits per heavy atom. The van der Waals surface area contributed by atoms with E-state index in [0.717, 1.165) is 19.3 Å². The summed E-state index contributed by atoms with van der Waals surface area (Å²) in [7, 11) is 1.59. The third-order valence-electron chi connectivity index (χ3n) is 5.58. The molecule has 2 rings (SSSR count). The van der Waals surface area contributed by atoms with Crippen molar-refractivity contribution in [3.63, 3.8) is 0 Å². The van der Waals surface area contributed by atoms with Gasteiger partial charge in [-0.3, -0.25) is 4.79 Å². The van der Waals surface area contributed by atoms with E-state index in [1.54, 1.807) is 18.9 Å². The maximum Gasteiger partial charge on any atom is 0.222 e. The van der Waals surface area contributed by atoms with E-state index in [2.05, 4.69) is 0 Å². The molecule has 2 heterocycles. The molecule has 2 unspecified atom stereocenters. The molecule has 9 nitrogen and oxygen atoms in total. The molecule has 0 aromatic rings. The van der Waals surface area contributed by atoms with Crippen LogP contribution in [0.1, 0.15) is 39.0 Å². The van der Waals surface area contributed by atoms with Gasteiger partial charge in [0.15, 0.2) is 6.29 Å². The van der Waals surface area contributed by atoms with Crippen molar-refractivity contribution >= 4 is 5.91 Å². The van der Waals surface area contributed by atoms with E-state index in [1.165, 1.54) is 0 Å². The summed E-state index contributed by atoms with van der Waals surface area (Å²) in [6.45, 7) is 2.55. The number of amides is 1. The molecule has 0 aliphatic carbocycles. The molecule has 2 fully saturated rings. The van der Waals surface area contributed by atoms with Gasteiger partial charge in [-0.15, -0.1) is 0 Å². The van der Waals surface area contributed by atoms with E-state index in [0.29, 0.717) is 32.6 Å². The van der Waals surface area contributed by atoms with Crippen molar-refractivity contribution in [1.29, 1.82) is 0 Å². The molecule has 4 N–H and O–H groups in total. The van der Waals surface area contributed by atoms with Crippen LogP contribution >= 0.6 is 0 Å². The lowest BCUT2D eigenvalue weighted by Gasteiger charge is -2.40. The Hall–Kier alpha value is -0.810. The van der Waals surface area contributed by atoms with E-state index >= 15 is 0 Å². The first kappa shape index (κ1) is 23.5. The summed E-state index contributed by atoms with van der Waals surface area (Å²) in [5.74, 6) is -0.370. The predicted octanol–water partition coefficient (Wildman–Crippen LogP) is -0.753. The van der Waals surface area contributed by atoms with Crippen molar-refractivity contribution in [2.45, 2.75) is 75.8 Å². The number of aliphatic hydroxyl groups is 4. The summed E-state index contributed by atoms with van der Waals surface area (Å²) in [6.07, 6.45) is -0.936. The summed E-state index contributed by atoms with van der Waals surface area (Å²) >= 11 is 0. The molecule has 2 aliphatic heterocycles. The monoisotopic (exact) mass is 405 g/mol. The Kier molecular flexibility index (Phi) is 9.55. The quantitative estimate of drug-likeness (QED) is 0.349. The van der Waals surface area contributed by atoms with Crippen LogP contribution in [0.4, 0.5) is 0 Å². The van der Waals surface area contributed by atoms with Gasteiger partial charge < -0.3 is 39.5 Å². The van der Waals surface area contributed by atoms with Gasteiger partial charge >= 0.3 is 0 Å². The smallest absolute Gasteiger partial charge is 0.222 e. The average Bonchev–Trinajstić information content (AvgIpc) is 3.04. The Bertz CT molecular complexity index is 477. The Morgan fingerprint density at radius 3 is 2.61 bits per heavy atom. The van der Waals surface area contributed by atoms with E-state index in [9.17, 15) is 25.2 Å². The van der Waals surface area contributed by atoms with Crippen LogP contribution in [0.25, 0.3) is 0 Å². The van der Waals surface area contributed by atoms with Crippen molar-refractivity contribution in [3.05, 3.63) is 0 Å². The van der Waals surface area contributed by atoms with Gasteiger partial charge in [0.1, 0.15) is 12.2 Å². The molecule has 1 amide bonds. The van der Waals surface area contributed by atoms with E-state index in [4.69, 9.17) is 14.2 Å². The van der Waals surface area contributed by atoms with Crippen LogP contribution in [-0.4, -0.2) is 101 Å². The lowest BCUT2D eigenvalue weighted by molar-refractivity contribution is -0.282. The highest BCUT2D eigenvalue weighted by Gasteiger charge is 2.42. The van der Waals surface area contributed by atoms with Crippen LogP contribution < -0.4 is 0 Å². The van der Waals surface area contributed by atoms with Gasteiger partial charge in [0.2, 0.25) is 5.91 Å². The fourth-order valence-electron chi connectivity index (χ4n) is 3.86. The minimum absolute atomic E-state index is 0.0339. The van der Waals surface area contributed by atoms with Crippen LogP contribution in [0.15, 0.2) is 0 Å². The normalized spacial score (nSPS) is 36.1. The maximum absolute atomic E-state index is 12.4. The molecule has 2 aliphatic rings. The molecule has 0 aromatic heterocycles. The lowest BCUT2D eigenvalue weighted by Crippen LogP contribution is -2.55. The van der Waals surface area contributed by atoms with Crippen LogP contribution in [0.2, 0.25) is 0 Å². The van der Waals surface area contributed by atoms with Crippen LogP contribution in [0.3, 0.4) is 0 Å². The summed E-state index contributed by atoms with van der Waals surface area (Å²) in [5.41, 5.74) is 0. The standard InChI is InChI=1S/C19H35NO8/c1-12-17(24)18(25)15(10-21)28-19(12)27-7-5-3-4-6-16(23)20-9-14(22)8-13(20)11-26-2/h12-15,17-19,21-22,24-25H,3-11H2,1-2H3/t12?,13-,14+,15?,17+,18-,19+/m0/s1. The number of likely N-dealkylation sites (tertiary alicyclic amines) is 1. The molecule has 2 saturated heterocycles. The van der Waals surface area contributed by atoms with Crippen molar-refractivity contribution in [1.82, 2.24) is 4.90 Å². The number of aliphatic hydroxyl groups excluding tert-OH is 4. The fraction of sp³-hybridized carbons (Fsp3) is 0.947. The maximum atomic E-state index is 12.4. The number of methoxy groups -OCH3 is 1. The first-order valence-corrected chi connectivity index (χ1v) is 10.1. The van der Waals surface area contributed by atoms with E-state index in [1.807, 2.05) is 0 Å². The Morgan fingerprint density at radius 1 is 1.18 bits per heavy atom. The average molecular weight is 405 g/mol. The highest BCUT2D eigenvalue weighted by atomic mass is 16.7. The highest BCUT2D eigenvalue weighted by molar-refractivity contribution is 5.76. The second-order valence-corrected chi connectivity index (χ2v) is 7.79. The number of hydrogen-bond donors (Lipinski definition) is 4. The van der Waals surface area contributed by atoms with Gasteiger partial charge in [-0.25, -0.2) is 0 Å². The number of unbranched alkanes of at least 4 members (excludes halogenated alkanes) is 2. The molecule has 164 valence electrons. The zero-order valence-corrected chi connectivity index (χ0v) is 16.8. The lowest BCUT2D eigenvalue weighted by atomic mass is 9.92. The topological polar surface area (TPSA) is 129 Å². The summed E-state index contributed by atoms with van der Waals surface area (Å²) in [4.78, 5) is 14.1. The minimum Gasteiger partial charge on any atom is -0.394 e. The van der Waals surface area contributed by atoms with E-state index < -0.39 is 36.6 Å². The molecule has 0 spiro atoms. The van der Waals surface area contributed by atoms with Crippen LogP contribution in [0.5, 0.6) is 0 Å². The zero-order valence-electron chi connectivity index (χ0n) is 16.8. The number of nitrogens with zero attached hydrogens (tertiary/aromatic N) is 1. The fourth-order valence-corrected chi connectivity index (χ4v) is 3.86. The SMILES string of the molecule is COC[C@@H]1C[C@@H](O)CN1C(=O)CCCCCO[C@@H]1OC(CO)[C@H](O)[C@H](O)C1C. The summed E-state index contributed by atoms with van der Waals surface area (Å²) < 4.78 is 16.3. The number of carbonyl (C=O) groups is 1. The molecular weight excluding hydrogens is 370 g/mol. The summed E-state index contributed by atoms with van der Waals surface area (Å²) in [5, 5.41) is 38.8. The second kappa shape index (κ2) is 11.4. The van der Waals surface area contributed by atoms with Crippen molar-refractivity contribution < 1.29 is 39.4 Å². The van der Waals surface area contributed by atoms with Gasteiger partial charge in [-0.1, -0.05) is 13.3 Å². The summed E-state index contributed by atoms with van der Waals surface area (Å²) in [6, 6.07) is -0.0537. The number of ether oxygens (including phenoxy) is 3. The number of β-amino-alcohol motifs (C(OH)–C–C–N with tert-alkyl or cyclic N) is 1. The predicted molar refractivity (Wildman–Crippen MR) is 99.3 cm³/mol. The van der Waals surface area contributed by atoms with Gasteiger partial charge in [0.05, 0.1) is 31.5 Å². The number of hydrogen-bond acceptors (Lipinski definition) is 8. The molecule has 0 saturated carbocycles. The van der Waals surface area contributed by atoms with Crippen LogP contribution in [0, 0.1) is 5.92 Å². The number of rotatable bonds is 10. The van der Waals surface area contributed by atoms with Gasteiger partial charge in [0.25, 0.3) is 0 Å². The number of carbonyl (C=O) groups excluding carboxylic acids is 1. The van der Waals surface area contributed by atoms with Gasteiger partial charge in [-0.05, 0) is 19.3 Å². The molecule has 0 bridgehead atoms.